The molecule has 0 spiro atoms. The fourth-order valence-corrected chi connectivity index (χ4v) is 4.99. The van der Waals surface area contributed by atoms with Gasteiger partial charge < -0.3 is 4.57 Å². The number of aromatic nitrogens is 5. The van der Waals surface area contributed by atoms with E-state index in [9.17, 15) is 10.1 Å². The van der Waals surface area contributed by atoms with Crippen molar-refractivity contribution in [2.75, 3.05) is 0 Å². The number of benzene rings is 3. The van der Waals surface area contributed by atoms with Gasteiger partial charge in [-0.05, 0) is 23.8 Å². The van der Waals surface area contributed by atoms with E-state index in [-0.39, 0.29) is 10.6 Å². The van der Waals surface area contributed by atoms with Crippen LogP contribution in [0.1, 0.15) is 5.56 Å². The summed E-state index contributed by atoms with van der Waals surface area (Å²) in [6, 6.07) is 25.2. The van der Waals surface area contributed by atoms with Crippen molar-refractivity contribution in [1.82, 2.24) is 23.9 Å². The van der Waals surface area contributed by atoms with Gasteiger partial charge in [-0.1, -0.05) is 48.5 Å². The number of para-hydroxylation sites is 1. The summed E-state index contributed by atoms with van der Waals surface area (Å²) in [6.07, 6.45) is 5.29. The minimum Gasteiger partial charge on any atom is -0.334 e. The summed E-state index contributed by atoms with van der Waals surface area (Å²) in [5.74, 6) is 0. The molecular weight excluding hydrogens is 452 g/mol. The number of hydrogen-bond donors (Lipinski definition) is 0. The molecule has 0 fully saturated rings. The maximum absolute atomic E-state index is 11.3. The van der Waals surface area contributed by atoms with Crippen molar-refractivity contribution in [2.24, 2.45) is 0 Å². The van der Waals surface area contributed by atoms with E-state index < -0.39 is 0 Å². The van der Waals surface area contributed by atoms with Gasteiger partial charge in [0.05, 0.1) is 22.3 Å². The van der Waals surface area contributed by atoms with Crippen LogP contribution >= 0.6 is 0 Å². The highest BCUT2D eigenvalue weighted by Gasteiger charge is 2.23. The second-order valence-corrected chi connectivity index (χ2v) is 8.67. The van der Waals surface area contributed by atoms with Crippen LogP contribution in [0.15, 0.2) is 97.5 Å². The molecule has 4 aromatic heterocycles. The van der Waals surface area contributed by atoms with Crippen molar-refractivity contribution in [3.63, 3.8) is 0 Å². The second-order valence-electron chi connectivity index (χ2n) is 8.67. The monoisotopic (exact) mass is 470 g/mol. The van der Waals surface area contributed by atoms with E-state index in [0.29, 0.717) is 12.2 Å². The highest BCUT2D eigenvalue weighted by Crippen LogP contribution is 2.39. The van der Waals surface area contributed by atoms with Crippen LogP contribution in [0, 0.1) is 10.1 Å². The number of fused-ring (bicyclic) bond motifs is 7. The van der Waals surface area contributed by atoms with Gasteiger partial charge in [0.25, 0.3) is 5.69 Å². The molecule has 7 rings (SSSR count). The van der Waals surface area contributed by atoms with Crippen LogP contribution in [0.5, 0.6) is 0 Å². The molecule has 3 aromatic carbocycles. The molecule has 0 aliphatic rings. The molecule has 0 radical (unpaired) electrons. The molecule has 172 valence electrons. The standard InChI is InChI=1S/C28H18N6O2/c35-34(36)20-12-10-19(11-13-20)25-27-24(26-28(31-25)32-15-14-29-16-23(32)30-26)21-8-4-5-9-22(21)33(27)17-18-6-2-1-3-7-18/h1-16H,17H2. The Morgan fingerprint density at radius 1 is 0.889 bits per heavy atom. The molecule has 36 heavy (non-hydrogen) atoms. The molecule has 0 amide bonds. The number of nitro benzene ring substituents is 1. The van der Waals surface area contributed by atoms with Crippen molar-refractivity contribution < 1.29 is 4.92 Å². The molecule has 0 bridgehead atoms. The van der Waals surface area contributed by atoms with E-state index in [0.717, 1.165) is 49.8 Å². The Bertz CT molecular complexity index is 1940. The molecular formula is C28H18N6O2. The van der Waals surface area contributed by atoms with Crippen LogP contribution in [0.3, 0.4) is 0 Å². The summed E-state index contributed by atoms with van der Waals surface area (Å²) in [5.41, 5.74) is 6.99. The molecule has 8 nitrogen and oxygen atoms in total. The van der Waals surface area contributed by atoms with Crippen molar-refractivity contribution >= 4 is 44.3 Å². The van der Waals surface area contributed by atoms with Crippen molar-refractivity contribution in [3.05, 3.63) is 113 Å². The average molecular weight is 470 g/mol. The second kappa shape index (κ2) is 7.71. The van der Waals surface area contributed by atoms with Gasteiger partial charge in [-0.3, -0.25) is 19.5 Å². The Morgan fingerprint density at radius 3 is 2.47 bits per heavy atom. The van der Waals surface area contributed by atoms with Crippen LogP contribution in [0.25, 0.3) is 49.9 Å². The van der Waals surface area contributed by atoms with Crippen LogP contribution in [-0.2, 0) is 6.54 Å². The highest BCUT2D eigenvalue weighted by atomic mass is 16.6. The zero-order valence-corrected chi connectivity index (χ0v) is 18.9. The van der Waals surface area contributed by atoms with Crippen LogP contribution < -0.4 is 0 Å². The third-order valence-electron chi connectivity index (χ3n) is 6.59. The molecule has 0 atom stereocenters. The quantitative estimate of drug-likeness (QED) is 0.232. The van der Waals surface area contributed by atoms with Gasteiger partial charge in [0, 0.05) is 52.9 Å². The number of nitro groups is 1. The molecule has 0 saturated carbocycles. The molecule has 0 aliphatic carbocycles. The maximum Gasteiger partial charge on any atom is 0.269 e. The summed E-state index contributed by atoms with van der Waals surface area (Å²) in [7, 11) is 0. The molecule has 8 heteroatoms. The van der Waals surface area contributed by atoms with E-state index in [1.54, 1.807) is 24.5 Å². The van der Waals surface area contributed by atoms with Gasteiger partial charge in [0.1, 0.15) is 5.52 Å². The SMILES string of the molecule is O=[N+]([O-])c1ccc(-c2nc3c(nc4cnccn43)c3c4ccccc4n(Cc4ccccc4)c23)cc1. The van der Waals surface area contributed by atoms with Crippen molar-refractivity contribution in [1.29, 1.82) is 0 Å². The number of pyridine rings is 1. The molecule has 0 N–H and O–H groups in total. The molecule has 0 saturated heterocycles. The first-order valence-corrected chi connectivity index (χ1v) is 11.5. The molecule has 4 heterocycles. The fraction of sp³-hybridized carbons (Fsp3) is 0.0357. The molecule has 0 aliphatic heterocycles. The summed E-state index contributed by atoms with van der Waals surface area (Å²) < 4.78 is 4.20. The predicted molar refractivity (Wildman–Crippen MR) is 139 cm³/mol. The van der Waals surface area contributed by atoms with Crippen molar-refractivity contribution in [3.8, 4) is 11.3 Å². The van der Waals surface area contributed by atoms with E-state index in [4.69, 9.17) is 9.97 Å². The first-order chi connectivity index (χ1) is 17.7. The molecule has 0 unspecified atom stereocenters. The Labute approximate surface area is 204 Å². The number of rotatable bonds is 4. The third kappa shape index (κ3) is 2.98. The lowest BCUT2D eigenvalue weighted by atomic mass is 10.1. The Balaban J connectivity index is 1.65. The van der Waals surface area contributed by atoms with E-state index in [1.807, 2.05) is 40.9 Å². The van der Waals surface area contributed by atoms with Gasteiger partial charge in [-0.15, -0.1) is 0 Å². The van der Waals surface area contributed by atoms with Gasteiger partial charge in [0.2, 0.25) is 0 Å². The smallest absolute Gasteiger partial charge is 0.269 e. The van der Waals surface area contributed by atoms with Crippen molar-refractivity contribution in [2.45, 2.75) is 6.54 Å². The number of nitrogens with zero attached hydrogens (tertiary/aromatic N) is 6. The number of hydrogen-bond acceptors (Lipinski definition) is 5. The van der Waals surface area contributed by atoms with E-state index in [1.165, 1.54) is 12.1 Å². The lowest BCUT2D eigenvalue weighted by Gasteiger charge is -2.11. The summed E-state index contributed by atoms with van der Waals surface area (Å²) in [5, 5.41) is 13.4. The molecule has 7 aromatic rings. The summed E-state index contributed by atoms with van der Waals surface area (Å²) >= 11 is 0. The van der Waals surface area contributed by atoms with Crippen LogP contribution in [0.4, 0.5) is 5.69 Å². The number of imidazole rings is 1. The minimum absolute atomic E-state index is 0.0433. The zero-order valence-electron chi connectivity index (χ0n) is 18.9. The predicted octanol–water partition coefficient (Wildman–Crippen LogP) is 6.01. The van der Waals surface area contributed by atoms with Gasteiger partial charge in [0.15, 0.2) is 11.3 Å². The topological polar surface area (TPSA) is 91.2 Å². The first kappa shape index (κ1) is 20.3. The Hall–Kier alpha value is -5.11. The summed E-state index contributed by atoms with van der Waals surface area (Å²) in [4.78, 5) is 25.2. The normalized spacial score (nSPS) is 11.7. The Kier molecular flexibility index (Phi) is 4.34. The average Bonchev–Trinajstić information content (AvgIpc) is 3.45. The van der Waals surface area contributed by atoms with Gasteiger partial charge in [-0.2, -0.15) is 0 Å². The fourth-order valence-electron chi connectivity index (χ4n) is 4.99. The highest BCUT2D eigenvalue weighted by molar-refractivity contribution is 6.21. The maximum atomic E-state index is 11.3. The van der Waals surface area contributed by atoms with E-state index in [2.05, 4.69) is 33.8 Å². The van der Waals surface area contributed by atoms with Crippen LogP contribution in [0.2, 0.25) is 0 Å². The Morgan fingerprint density at radius 2 is 1.67 bits per heavy atom. The lowest BCUT2D eigenvalue weighted by Crippen LogP contribution is -2.02. The first-order valence-electron chi connectivity index (χ1n) is 11.5. The number of non-ortho nitro benzene ring substituents is 1. The van der Waals surface area contributed by atoms with Crippen LogP contribution in [-0.4, -0.2) is 28.8 Å². The zero-order chi connectivity index (χ0) is 24.2. The third-order valence-corrected chi connectivity index (χ3v) is 6.59. The summed E-state index contributed by atoms with van der Waals surface area (Å²) in [6.45, 7) is 0.646. The lowest BCUT2D eigenvalue weighted by molar-refractivity contribution is -0.384. The minimum atomic E-state index is -0.389. The largest absolute Gasteiger partial charge is 0.334 e. The van der Waals surface area contributed by atoms with Gasteiger partial charge >= 0.3 is 0 Å². The van der Waals surface area contributed by atoms with Gasteiger partial charge in [-0.25, -0.2) is 9.97 Å². The van der Waals surface area contributed by atoms with E-state index >= 15 is 0 Å².